The maximum absolute atomic E-state index is 12.9. The molecule has 5 heteroatoms. The second-order valence-electron chi connectivity index (χ2n) is 5.89. The van der Waals surface area contributed by atoms with E-state index < -0.39 is 11.2 Å². The molecule has 0 aromatic heterocycles. The molecule has 1 aliphatic heterocycles. The molecule has 0 amide bonds. The van der Waals surface area contributed by atoms with E-state index in [0.717, 1.165) is 12.1 Å². The van der Waals surface area contributed by atoms with E-state index in [9.17, 15) is 9.35 Å². The van der Waals surface area contributed by atoms with Gasteiger partial charge in [-0.05, 0) is 26.2 Å². The van der Waals surface area contributed by atoms with Gasteiger partial charge in [0.15, 0.2) is 4.90 Å². The van der Waals surface area contributed by atoms with Gasteiger partial charge < -0.3 is 14.8 Å². The minimum Gasteiger partial charge on any atom is -0.606 e. The van der Waals surface area contributed by atoms with Crippen LogP contribution in [0.15, 0.2) is 64.4 Å². The average Bonchev–Trinajstić information content (AvgIpc) is 2.84. The molecular weight excluding hydrogens is 320 g/mol. The molecule has 0 fully saturated rings. The van der Waals surface area contributed by atoms with Crippen molar-refractivity contribution in [2.24, 2.45) is 0 Å². The second-order valence-corrected chi connectivity index (χ2v) is 7.28. The summed E-state index contributed by atoms with van der Waals surface area (Å²) >= 11 is -1.46. The lowest BCUT2D eigenvalue weighted by Crippen LogP contribution is -2.27. The van der Waals surface area contributed by atoms with E-state index in [0.29, 0.717) is 27.6 Å². The predicted molar refractivity (Wildman–Crippen MR) is 97.1 cm³/mol. The highest BCUT2D eigenvalue weighted by Crippen LogP contribution is 2.37. The SMILES string of the molecule is CN(C)CCNC(=C1C(=O)c2ccccc2[S+]1[O-])c1ccccc1. The van der Waals surface area contributed by atoms with Crippen LogP contribution in [0.25, 0.3) is 5.70 Å². The van der Waals surface area contributed by atoms with Crippen LogP contribution in [0.1, 0.15) is 15.9 Å². The first-order valence-electron chi connectivity index (χ1n) is 7.83. The zero-order chi connectivity index (χ0) is 17.1. The number of carbonyl (C=O) groups excluding carboxylic acids is 1. The lowest BCUT2D eigenvalue weighted by Gasteiger charge is -2.16. The van der Waals surface area contributed by atoms with Gasteiger partial charge in [0.2, 0.25) is 10.7 Å². The van der Waals surface area contributed by atoms with Crippen molar-refractivity contribution in [2.45, 2.75) is 4.90 Å². The summed E-state index contributed by atoms with van der Waals surface area (Å²) in [5.74, 6) is -0.153. The largest absolute Gasteiger partial charge is 0.606 e. The number of carbonyl (C=O) groups is 1. The van der Waals surface area contributed by atoms with Gasteiger partial charge in [-0.15, -0.1) is 0 Å². The van der Waals surface area contributed by atoms with E-state index in [1.54, 1.807) is 18.2 Å². The van der Waals surface area contributed by atoms with E-state index in [1.165, 1.54) is 0 Å². The Balaban J connectivity index is 2.04. The van der Waals surface area contributed by atoms with Crippen LogP contribution in [0.5, 0.6) is 0 Å². The molecule has 3 rings (SSSR count). The summed E-state index contributed by atoms with van der Waals surface area (Å²) in [7, 11) is 3.98. The molecule has 0 aliphatic carbocycles. The fourth-order valence-corrected chi connectivity index (χ4v) is 4.10. The molecule has 1 N–H and O–H groups in total. The number of hydrogen-bond acceptors (Lipinski definition) is 4. The number of benzene rings is 2. The van der Waals surface area contributed by atoms with Gasteiger partial charge in [0.1, 0.15) is 5.70 Å². The van der Waals surface area contributed by atoms with Crippen LogP contribution in [-0.2, 0) is 11.2 Å². The Morgan fingerprint density at radius 2 is 1.75 bits per heavy atom. The summed E-state index contributed by atoms with van der Waals surface area (Å²) in [5.41, 5.74) is 2.08. The van der Waals surface area contributed by atoms with Crippen LogP contribution >= 0.6 is 0 Å². The van der Waals surface area contributed by atoms with Gasteiger partial charge in [-0.2, -0.15) is 0 Å². The van der Waals surface area contributed by atoms with Crippen LogP contribution in [0.3, 0.4) is 0 Å². The molecule has 2 aromatic rings. The lowest BCUT2D eigenvalue weighted by atomic mass is 10.1. The second kappa shape index (κ2) is 7.21. The maximum Gasteiger partial charge on any atom is 0.248 e. The third-order valence-corrected chi connectivity index (χ3v) is 5.39. The molecule has 0 saturated heterocycles. The zero-order valence-corrected chi connectivity index (χ0v) is 14.6. The van der Waals surface area contributed by atoms with E-state index in [2.05, 4.69) is 10.2 Å². The summed E-state index contributed by atoms with van der Waals surface area (Å²) in [6, 6.07) is 16.7. The van der Waals surface area contributed by atoms with Gasteiger partial charge in [0.25, 0.3) is 0 Å². The highest BCUT2D eigenvalue weighted by Gasteiger charge is 2.41. The number of nitrogens with one attached hydrogen (secondary N) is 1. The number of likely N-dealkylation sites (N-methyl/N-ethyl adjacent to an activating group) is 1. The quantitative estimate of drug-likeness (QED) is 0.671. The Bertz CT molecular complexity index is 772. The fraction of sp³-hybridized carbons (Fsp3) is 0.211. The molecule has 0 saturated carbocycles. The third kappa shape index (κ3) is 3.24. The molecule has 0 spiro atoms. The fourth-order valence-electron chi connectivity index (χ4n) is 2.66. The third-order valence-electron chi connectivity index (χ3n) is 3.87. The van der Waals surface area contributed by atoms with E-state index >= 15 is 0 Å². The monoisotopic (exact) mass is 340 g/mol. The predicted octanol–water partition coefficient (Wildman–Crippen LogP) is 2.51. The Kier molecular flexibility index (Phi) is 5.04. The van der Waals surface area contributed by atoms with Crippen molar-refractivity contribution in [3.63, 3.8) is 0 Å². The molecule has 0 bridgehead atoms. The van der Waals surface area contributed by atoms with Crippen LogP contribution in [-0.4, -0.2) is 42.4 Å². The van der Waals surface area contributed by atoms with Crippen molar-refractivity contribution in [1.29, 1.82) is 0 Å². The van der Waals surface area contributed by atoms with E-state index in [1.807, 2.05) is 50.5 Å². The molecule has 124 valence electrons. The number of hydrogen-bond donors (Lipinski definition) is 1. The topological polar surface area (TPSA) is 55.4 Å². The summed E-state index contributed by atoms with van der Waals surface area (Å²) in [5, 5.41) is 3.33. The molecule has 1 unspecified atom stereocenters. The van der Waals surface area contributed by atoms with Crippen LogP contribution in [0.4, 0.5) is 0 Å². The van der Waals surface area contributed by atoms with Crippen molar-refractivity contribution in [3.8, 4) is 0 Å². The van der Waals surface area contributed by atoms with Gasteiger partial charge in [-0.25, -0.2) is 0 Å². The standard InChI is InChI=1S/C19H20N2O2S/c1-21(2)13-12-20-17(14-8-4-3-5-9-14)19-18(22)15-10-6-7-11-16(15)24(19)23/h3-11,20H,12-13H2,1-2H3. The molecule has 1 aliphatic rings. The van der Waals surface area contributed by atoms with Gasteiger partial charge >= 0.3 is 0 Å². The number of nitrogens with zero attached hydrogens (tertiary/aromatic N) is 1. The maximum atomic E-state index is 12.9. The van der Waals surface area contributed by atoms with Crippen LogP contribution < -0.4 is 5.32 Å². The van der Waals surface area contributed by atoms with Crippen molar-refractivity contribution < 1.29 is 9.35 Å². The van der Waals surface area contributed by atoms with E-state index in [-0.39, 0.29) is 5.78 Å². The normalized spacial score (nSPS) is 18.7. The first-order valence-corrected chi connectivity index (χ1v) is 8.98. The number of ketones is 1. The lowest BCUT2D eigenvalue weighted by molar-refractivity contribution is 0.104. The molecule has 0 radical (unpaired) electrons. The van der Waals surface area contributed by atoms with Crippen LogP contribution in [0, 0.1) is 0 Å². The zero-order valence-electron chi connectivity index (χ0n) is 13.8. The smallest absolute Gasteiger partial charge is 0.248 e. The first-order chi connectivity index (χ1) is 11.6. The Hall–Kier alpha value is -2.08. The number of rotatable bonds is 5. The summed E-state index contributed by atoms with van der Waals surface area (Å²) in [4.78, 5) is 15.8. The summed E-state index contributed by atoms with van der Waals surface area (Å²) in [6.07, 6.45) is 0. The van der Waals surface area contributed by atoms with Gasteiger partial charge in [-0.1, -0.05) is 42.5 Å². The molecule has 2 aromatic carbocycles. The first kappa shape index (κ1) is 16.8. The number of fused-ring (bicyclic) bond motifs is 1. The molecular formula is C19H20N2O2S. The molecule has 4 nitrogen and oxygen atoms in total. The minimum absolute atomic E-state index is 0.153. The summed E-state index contributed by atoms with van der Waals surface area (Å²) < 4.78 is 12.9. The van der Waals surface area contributed by atoms with E-state index in [4.69, 9.17) is 0 Å². The highest BCUT2D eigenvalue weighted by molar-refractivity contribution is 7.97. The van der Waals surface area contributed by atoms with Crippen molar-refractivity contribution in [2.75, 3.05) is 27.2 Å². The van der Waals surface area contributed by atoms with Crippen molar-refractivity contribution in [3.05, 3.63) is 70.6 Å². The number of Topliss-reactive ketones (excluding diaryl/α,β-unsaturated/α-hetero) is 1. The van der Waals surface area contributed by atoms with Crippen LogP contribution in [0.2, 0.25) is 0 Å². The van der Waals surface area contributed by atoms with Crippen molar-refractivity contribution >= 4 is 22.7 Å². The van der Waals surface area contributed by atoms with Gasteiger partial charge in [0, 0.05) is 29.8 Å². The molecule has 24 heavy (non-hydrogen) atoms. The Labute approximate surface area is 145 Å². The average molecular weight is 340 g/mol. The Morgan fingerprint density at radius 3 is 2.42 bits per heavy atom. The molecule has 1 atom stereocenters. The molecule has 1 heterocycles. The minimum atomic E-state index is -1.46. The van der Waals surface area contributed by atoms with Gasteiger partial charge in [-0.3, -0.25) is 4.79 Å². The van der Waals surface area contributed by atoms with Gasteiger partial charge in [0.05, 0.1) is 5.56 Å². The van der Waals surface area contributed by atoms with Crippen molar-refractivity contribution in [1.82, 2.24) is 10.2 Å². The number of allylic oxidation sites excluding steroid dienone is 1. The summed E-state index contributed by atoms with van der Waals surface area (Å²) in [6.45, 7) is 1.49. The Morgan fingerprint density at radius 1 is 1.08 bits per heavy atom. The highest BCUT2D eigenvalue weighted by atomic mass is 32.2.